The van der Waals surface area contributed by atoms with Crippen LogP contribution < -0.4 is 0 Å². The standard InChI is InChI=1S/C21H38O13/c1-7-5-9(12(24)15(27)17(7)29-3)32-18-13(25)10(6-22)33-20(16(18)28)34-19-14(26)11(23)8(2)31-21(19)30-4/h7-28H,5-6H2,1-4H3/t7?,8?,9-,10?,11?,12?,13-,14?,15?,16?,17?,18?,19?,20?,21-/m0/s1. The maximum absolute atomic E-state index is 10.9. The average molecular weight is 499 g/mol. The van der Waals surface area contributed by atoms with Gasteiger partial charge in [0.2, 0.25) is 0 Å². The largest absolute Gasteiger partial charge is 0.394 e. The third kappa shape index (κ3) is 5.42. The molecule has 0 aromatic rings. The van der Waals surface area contributed by atoms with Crippen molar-refractivity contribution < 1.29 is 64.2 Å². The number of ether oxygens (including phenoxy) is 6. The van der Waals surface area contributed by atoms with Crippen molar-refractivity contribution in [2.75, 3.05) is 20.8 Å². The summed E-state index contributed by atoms with van der Waals surface area (Å²) in [5, 5.41) is 72.9. The Labute approximate surface area is 197 Å². The highest BCUT2D eigenvalue weighted by atomic mass is 16.8. The minimum absolute atomic E-state index is 0.205. The lowest BCUT2D eigenvalue weighted by Gasteiger charge is -2.48. The zero-order chi connectivity index (χ0) is 25.3. The molecule has 0 radical (unpaired) electrons. The van der Waals surface area contributed by atoms with Gasteiger partial charge in [0.1, 0.15) is 54.9 Å². The van der Waals surface area contributed by atoms with Crippen LogP contribution in [0.2, 0.25) is 0 Å². The van der Waals surface area contributed by atoms with Crippen molar-refractivity contribution in [1.29, 1.82) is 0 Å². The molecule has 0 aromatic heterocycles. The van der Waals surface area contributed by atoms with E-state index in [0.717, 1.165) is 0 Å². The van der Waals surface area contributed by atoms with Crippen molar-refractivity contribution >= 4 is 0 Å². The molecule has 0 spiro atoms. The van der Waals surface area contributed by atoms with E-state index in [4.69, 9.17) is 28.4 Å². The average Bonchev–Trinajstić information content (AvgIpc) is 2.81. The second kappa shape index (κ2) is 11.7. The first-order valence-electron chi connectivity index (χ1n) is 11.4. The smallest absolute Gasteiger partial charge is 0.187 e. The first kappa shape index (κ1) is 28.1. The van der Waals surface area contributed by atoms with E-state index in [0.29, 0.717) is 0 Å². The molecule has 3 rings (SSSR count). The summed E-state index contributed by atoms with van der Waals surface area (Å²) in [4.78, 5) is 0. The van der Waals surface area contributed by atoms with E-state index in [9.17, 15) is 35.7 Å². The van der Waals surface area contributed by atoms with Crippen LogP contribution in [0.15, 0.2) is 0 Å². The predicted octanol–water partition coefficient (Wildman–Crippen LogP) is -3.55. The Morgan fingerprint density at radius 3 is 1.91 bits per heavy atom. The molecule has 13 heteroatoms. The van der Waals surface area contributed by atoms with Gasteiger partial charge in [0.05, 0.1) is 24.9 Å². The topological polar surface area (TPSA) is 197 Å². The Hall–Kier alpha value is -0.520. The number of hydrogen-bond donors (Lipinski definition) is 7. The Morgan fingerprint density at radius 1 is 0.676 bits per heavy atom. The molecule has 1 saturated carbocycles. The first-order chi connectivity index (χ1) is 16.0. The summed E-state index contributed by atoms with van der Waals surface area (Å²) < 4.78 is 33.0. The van der Waals surface area contributed by atoms with E-state index < -0.39 is 92.4 Å². The Balaban J connectivity index is 1.77. The van der Waals surface area contributed by atoms with Crippen LogP contribution in [0, 0.1) is 5.92 Å². The molecule has 15 atom stereocenters. The molecule has 0 aromatic carbocycles. The summed E-state index contributed by atoms with van der Waals surface area (Å²) in [5.74, 6) is -0.205. The lowest BCUT2D eigenvalue weighted by molar-refractivity contribution is -0.368. The maximum atomic E-state index is 10.9. The third-order valence-electron chi connectivity index (χ3n) is 6.97. The molecule has 3 aliphatic rings. The summed E-state index contributed by atoms with van der Waals surface area (Å²) in [6.45, 7) is 2.70. The van der Waals surface area contributed by atoms with Gasteiger partial charge in [-0.3, -0.25) is 0 Å². The molecule has 34 heavy (non-hydrogen) atoms. The van der Waals surface area contributed by atoms with Crippen molar-refractivity contribution in [3.63, 3.8) is 0 Å². The minimum atomic E-state index is -1.64. The second-order valence-corrected chi connectivity index (χ2v) is 9.27. The van der Waals surface area contributed by atoms with Crippen LogP contribution in [0.3, 0.4) is 0 Å². The highest BCUT2D eigenvalue weighted by molar-refractivity contribution is 4.97. The van der Waals surface area contributed by atoms with Gasteiger partial charge >= 0.3 is 0 Å². The van der Waals surface area contributed by atoms with Crippen LogP contribution in [-0.4, -0.2) is 142 Å². The Bertz CT molecular complexity index is 638. The molecule has 13 nitrogen and oxygen atoms in total. The lowest BCUT2D eigenvalue weighted by atomic mass is 9.81. The van der Waals surface area contributed by atoms with Crippen LogP contribution in [0.5, 0.6) is 0 Å². The predicted molar refractivity (Wildman–Crippen MR) is 111 cm³/mol. The number of methoxy groups -OCH3 is 2. The van der Waals surface area contributed by atoms with Crippen LogP contribution in [0.25, 0.3) is 0 Å². The van der Waals surface area contributed by atoms with Crippen LogP contribution in [0.4, 0.5) is 0 Å². The zero-order valence-corrected chi connectivity index (χ0v) is 19.7. The third-order valence-corrected chi connectivity index (χ3v) is 6.97. The van der Waals surface area contributed by atoms with Gasteiger partial charge in [-0.25, -0.2) is 0 Å². The van der Waals surface area contributed by atoms with Crippen molar-refractivity contribution in [3.8, 4) is 0 Å². The highest BCUT2D eigenvalue weighted by Crippen LogP contribution is 2.34. The van der Waals surface area contributed by atoms with E-state index in [1.807, 2.05) is 0 Å². The number of rotatable bonds is 7. The fourth-order valence-corrected chi connectivity index (χ4v) is 4.92. The van der Waals surface area contributed by atoms with Gasteiger partial charge in [0.25, 0.3) is 0 Å². The van der Waals surface area contributed by atoms with E-state index in [2.05, 4.69) is 0 Å². The molecule has 2 heterocycles. The lowest BCUT2D eigenvalue weighted by Crippen LogP contribution is -2.65. The summed E-state index contributed by atoms with van der Waals surface area (Å²) >= 11 is 0. The van der Waals surface area contributed by atoms with Crippen LogP contribution in [-0.2, 0) is 28.4 Å². The van der Waals surface area contributed by atoms with Gasteiger partial charge in [0.15, 0.2) is 12.6 Å². The van der Waals surface area contributed by atoms with E-state index in [1.54, 1.807) is 13.8 Å². The van der Waals surface area contributed by atoms with Crippen LogP contribution >= 0.6 is 0 Å². The van der Waals surface area contributed by atoms with Gasteiger partial charge in [-0.2, -0.15) is 0 Å². The SMILES string of the molecule is COC1C(C)C[C@H](OC2C(O)C(OC3C(O)C(O)C(C)O[C@@H]3OC)OC(CO)[C@@H]2O)C(O)C1O. The van der Waals surface area contributed by atoms with Gasteiger partial charge < -0.3 is 64.2 Å². The van der Waals surface area contributed by atoms with Crippen molar-refractivity contribution in [1.82, 2.24) is 0 Å². The summed E-state index contributed by atoms with van der Waals surface area (Å²) in [6, 6.07) is 0. The van der Waals surface area contributed by atoms with E-state index >= 15 is 0 Å². The van der Waals surface area contributed by atoms with Gasteiger partial charge in [0, 0.05) is 14.2 Å². The molecule has 0 amide bonds. The molecule has 2 aliphatic heterocycles. The second-order valence-electron chi connectivity index (χ2n) is 9.27. The number of aliphatic hydroxyl groups is 7. The normalized spacial score (nSPS) is 52.5. The molecule has 200 valence electrons. The van der Waals surface area contributed by atoms with Gasteiger partial charge in [-0.05, 0) is 19.3 Å². The van der Waals surface area contributed by atoms with Gasteiger partial charge in [-0.15, -0.1) is 0 Å². The molecular formula is C21H38O13. The van der Waals surface area contributed by atoms with Crippen molar-refractivity contribution in [2.24, 2.45) is 5.92 Å². The molecule has 12 unspecified atom stereocenters. The molecule has 7 N–H and O–H groups in total. The van der Waals surface area contributed by atoms with Crippen molar-refractivity contribution in [3.05, 3.63) is 0 Å². The first-order valence-corrected chi connectivity index (χ1v) is 11.4. The molecule has 0 bridgehead atoms. The minimum Gasteiger partial charge on any atom is -0.394 e. The van der Waals surface area contributed by atoms with Gasteiger partial charge in [-0.1, -0.05) is 6.92 Å². The fourth-order valence-electron chi connectivity index (χ4n) is 4.92. The molecular weight excluding hydrogens is 460 g/mol. The monoisotopic (exact) mass is 498 g/mol. The van der Waals surface area contributed by atoms with E-state index in [-0.39, 0.29) is 12.3 Å². The van der Waals surface area contributed by atoms with E-state index in [1.165, 1.54) is 14.2 Å². The highest BCUT2D eigenvalue weighted by Gasteiger charge is 2.52. The quantitative estimate of drug-likeness (QED) is 0.182. The number of hydrogen-bond acceptors (Lipinski definition) is 13. The number of aliphatic hydroxyl groups excluding tert-OH is 7. The van der Waals surface area contributed by atoms with Crippen LogP contribution in [0.1, 0.15) is 20.3 Å². The Kier molecular flexibility index (Phi) is 9.64. The summed E-state index contributed by atoms with van der Waals surface area (Å²) in [6.07, 6.45) is -17.1. The zero-order valence-electron chi connectivity index (χ0n) is 19.7. The molecule has 2 saturated heterocycles. The molecule has 1 aliphatic carbocycles. The maximum Gasteiger partial charge on any atom is 0.187 e. The molecule has 3 fully saturated rings. The Morgan fingerprint density at radius 2 is 1.32 bits per heavy atom. The summed E-state index contributed by atoms with van der Waals surface area (Å²) in [5.41, 5.74) is 0. The van der Waals surface area contributed by atoms with Crippen molar-refractivity contribution in [2.45, 2.75) is 106 Å². The summed E-state index contributed by atoms with van der Waals surface area (Å²) in [7, 11) is 2.74. The fraction of sp³-hybridized carbons (Fsp3) is 1.00.